The average Bonchev–Trinajstić information content (AvgIpc) is 3.00. The molecule has 1 atom stereocenters. The van der Waals surface area contributed by atoms with Crippen LogP contribution in [0, 0.1) is 0 Å². The van der Waals surface area contributed by atoms with Crippen molar-refractivity contribution in [1.29, 1.82) is 0 Å². The second-order valence-corrected chi connectivity index (χ2v) is 6.23. The molecule has 1 saturated heterocycles. The third-order valence-corrected chi connectivity index (χ3v) is 4.72. The largest absolute Gasteiger partial charge is 0.395 e. The van der Waals surface area contributed by atoms with Crippen LogP contribution in [0.5, 0.6) is 0 Å². The molecule has 18 heavy (non-hydrogen) atoms. The van der Waals surface area contributed by atoms with Crippen LogP contribution in [0.2, 0.25) is 0 Å². The average molecular weight is 268 g/mol. The molecule has 0 saturated carbocycles. The fourth-order valence-corrected chi connectivity index (χ4v) is 3.52. The van der Waals surface area contributed by atoms with Gasteiger partial charge in [-0.05, 0) is 37.9 Å². The highest BCUT2D eigenvalue weighted by Gasteiger charge is 2.18. The Morgan fingerprint density at radius 2 is 2.28 bits per heavy atom. The number of hydrogen-bond acceptors (Lipinski definition) is 4. The van der Waals surface area contributed by atoms with E-state index < -0.39 is 0 Å². The molecule has 1 fully saturated rings. The van der Waals surface area contributed by atoms with Gasteiger partial charge in [-0.3, -0.25) is 4.90 Å². The second kappa shape index (κ2) is 7.24. The van der Waals surface area contributed by atoms with Gasteiger partial charge in [-0.2, -0.15) is 0 Å². The van der Waals surface area contributed by atoms with Gasteiger partial charge >= 0.3 is 0 Å². The third-order valence-electron chi connectivity index (χ3n) is 3.50. The number of aliphatic hydroxyl groups is 1. The molecule has 0 aliphatic carbocycles. The molecule has 2 N–H and O–H groups in total. The van der Waals surface area contributed by atoms with Gasteiger partial charge in [0, 0.05) is 35.4 Å². The Hall–Kier alpha value is -0.420. The van der Waals surface area contributed by atoms with Crippen molar-refractivity contribution in [2.45, 2.75) is 38.8 Å². The van der Waals surface area contributed by atoms with E-state index in [2.05, 4.69) is 29.3 Å². The molecule has 3 nitrogen and oxygen atoms in total. The van der Waals surface area contributed by atoms with Crippen molar-refractivity contribution in [3.63, 3.8) is 0 Å². The maximum atomic E-state index is 9.18. The number of rotatable bonds is 7. The highest BCUT2D eigenvalue weighted by atomic mass is 32.1. The summed E-state index contributed by atoms with van der Waals surface area (Å²) >= 11 is 1.90. The van der Waals surface area contributed by atoms with E-state index in [0.29, 0.717) is 6.04 Å². The van der Waals surface area contributed by atoms with Crippen molar-refractivity contribution in [1.82, 2.24) is 10.2 Å². The Kier molecular flexibility index (Phi) is 5.63. The van der Waals surface area contributed by atoms with Crippen molar-refractivity contribution in [2.75, 3.05) is 26.2 Å². The maximum absolute atomic E-state index is 9.18. The molecule has 1 aromatic rings. The zero-order valence-corrected chi connectivity index (χ0v) is 12.0. The van der Waals surface area contributed by atoms with Gasteiger partial charge in [0.25, 0.3) is 0 Å². The molecule has 4 heteroatoms. The van der Waals surface area contributed by atoms with Crippen LogP contribution < -0.4 is 5.32 Å². The Morgan fingerprint density at radius 3 is 2.89 bits per heavy atom. The molecule has 0 amide bonds. The molecular weight excluding hydrogens is 244 g/mol. The van der Waals surface area contributed by atoms with Crippen LogP contribution in [0.15, 0.2) is 12.1 Å². The molecule has 102 valence electrons. The van der Waals surface area contributed by atoms with Crippen molar-refractivity contribution < 1.29 is 5.11 Å². The summed E-state index contributed by atoms with van der Waals surface area (Å²) in [4.78, 5) is 5.24. The van der Waals surface area contributed by atoms with Gasteiger partial charge in [0.2, 0.25) is 0 Å². The first-order valence-electron chi connectivity index (χ1n) is 6.96. The zero-order chi connectivity index (χ0) is 12.8. The van der Waals surface area contributed by atoms with Gasteiger partial charge in [0.15, 0.2) is 0 Å². The van der Waals surface area contributed by atoms with E-state index in [9.17, 15) is 5.11 Å². The molecule has 1 aliphatic rings. The lowest BCUT2D eigenvalue weighted by Crippen LogP contribution is -2.38. The summed E-state index contributed by atoms with van der Waals surface area (Å²) in [6.45, 7) is 6.40. The number of hydrogen-bond donors (Lipinski definition) is 2. The summed E-state index contributed by atoms with van der Waals surface area (Å²) in [5.41, 5.74) is 0. The Bertz CT molecular complexity index is 347. The maximum Gasteiger partial charge on any atom is 0.0558 e. The van der Waals surface area contributed by atoms with Crippen molar-refractivity contribution in [3.8, 4) is 0 Å². The van der Waals surface area contributed by atoms with Crippen LogP contribution >= 0.6 is 11.3 Å². The molecule has 0 radical (unpaired) electrons. The summed E-state index contributed by atoms with van der Waals surface area (Å²) in [5.74, 6) is 0. The predicted molar refractivity (Wildman–Crippen MR) is 77.1 cm³/mol. The second-order valence-electron chi connectivity index (χ2n) is 4.97. The minimum absolute atomic E-state index is 0.249. The molecule has 1 aliphatic heterocycles. The first kappa shape index (κ1) is 14.0. The standard InChI is InChI=1S/C14H24N2OS/c1-2-13-5-6-14(18-13)11-16(8-9-17)10-12-4-3-7-15-12/h5-6,12,15,17H,2-4,7-11H2,1H3. The normalized spacial score (nSPS) is 19.8. The molecule has 1 aromatic heterocycles. The SMILES string of the molecule is CCc1ccc(CN(CCO)CC2CCCN2)s1. The lowest BCUT2D eigenvalue weighted by atomic mass is 10.2. The molecule has 0 aromatic carbocycles. The molecular formula is C14H24N2OS. The third kappa shape index (κ3) is 4.05. The number of nitrogens with zero attached hydrogens (tertiary/aromatic N) is 1. The summed E-state index contributed by atoms with van der Waals surface area (Å²) in [6, 6.07) is 5.07. The van der Waals surface area contributed by atoms with Crippen molar-refractivity contribution >= 4 is 11.3 Å². The summed E-state index contributed by atoms with van der Waals surface area (Å²) < 4.78 is 0. The first-order valence-corrected chi connectivity index (χ1v) is 7.77. The first-order chi connectivity index (χ1) is 8.81. The number of nitrogens with one attached hydrogen (secondary N) is 1. The fourth-order valence-electron chi connectivity index (χ4n) is 2.52. The lowest BCUT2D eigenvalue weighted by Gasteiger charge is -2.24. The van der Waals surface area contributed by atoms with Crippen LogP contribution in [0.4, 0.5) is 0 Å². The van der Waals surface area contributed by atoms with E-state index in [1.807, 2.05) is 11.3 Å². The van der Waals surface area contributed by atoms with Crippen LogP contribution in [0.1, 0.15) is 29.5 Å². The minimum Gasteiger partial charge on any atom is -0.395 e. The van der Waals surface area contributed by atoms with Crippen molar-refractivity contribution in [2.24, 2.45) is 0 Å². The highest BCUT2D eigenvalue weighted by Crippen LogP contribution is 2.19. The number of thiophene rings is 1. The van der Waals surface area contributed by atoms with Crippen LogP contribution in [-0.2, 0) is 13.0 Å². The van der Waals surface area contributed by atoms with E-state index in [4.69, 9.17) is 0 Å². The van der Waals surface area contributed by atoms with Crippen LogP contribution in [0.3, 0.4) is 0 Å². The van der Waals surface area contributed by atoms with Gasteiger partial charge in [-0.15, -0.1) is 11.3 Å². The molecule has 0 bridgehead atoms. The van der Waals surface area contributed by atoms with E-state index in [1.54, 1.807) is 0 Å². The molecule has 2 heterocycles. The summed E-state index contributed by atoms with van der Waals surface area (Å²) in [5, 5.41) is 12.7. The van der Waals surface area contributed by atoms with Gasteiger partial charge in [-0.1, -0.05) is 6.92 Å². The monoisotopic (exact) mass is 268 g/mol. The van der Waals surface area contributed by atoms with E-state index in [-0.39, 0.29) is 6.61 Å². The van der Waals surface area contributed by atoms with E-state index >= 15 is 0 Å². The van der Waals surface area contributed by atoms with Crippen LogP contribution in [-0.4, -0.2) is 42.3 Å². The Morgan fingerprint density at radius 1 is 1.44 bits per heavy atom. The van der Waals surface area contributed by atoms with E-state index in [0.717, 1.165) is 32.6 Å². The smallest absolute Gasteiger partial charge is 0.0558 e. The Labute approximate surface area is 114 Å². The van der Waals surface area contributed by atoms with Gasteiger partial charge in [-0.25, -0.2) is 0 Å². The minimum atomic E-state index is 0.249. The van der Waals surface area contributed by atoms with Gasteiger partial charge < -0.3 is 10.4 Å². The topological polar surface area (TPSA) is 35.5 Å². The quantitative estimate of drug-likeness (QED) is 0.792. The lowest BCUT2D eigenvalue weighted by molar-refractivity contribution is 0.180. The molecule has 1 unspecified atom stereocenters. The van der Waals surface area contributed by atoms with Gasteiger partial charge in [0.05, 0.1) is 6.61 Å². The van der Waals surface area contributed by atoms with Crippen LogP contribution in [0.25, 0.3) is 0 Å². The van der Waals surface area contributed by atoms with Crippen molar-refractivity contribution in [3.05, 3.63) is 21.9 Å². The summed E-state index contributed by atoms with van der Waals surface area (Å²) in [6.07, 6.45) is 3.68. The highest BCUT2D eigenvalue weighted by molar-refractivity contribution is 7.11. The fraction of sp³-hybridized carbons (Fsp3) is 0.714. The molecule has 2 rings (SSSR count). The molecule has 0 spiro atoms. The van der Waals surface area contributed by atoms with E-state index in [1.165, 1.54) is 22.6 Å². The number of aliphatic hydroxyl groups excluding tert-OH is 1. The summed E-state index contributed by atoms with van der Waals surface area (Å²) in [7, 11) is 0. The Balaban J connectivity index is 1.87. The van der Waals surface area contributed by atoms with Gasteiger partial charge in [0.1, 0.15) is 0 Å². The number of aryl methyl sites for hydroxylation is 1. The zero-order valence-electron chi connectivity index (χ0n) is 11.2. The predicted octanol–water partition coefficient (Wildman–Crippen LogP) is 1.86.